The molecule has 0 N–H and O–H groups in total. The number of methoxy groups -OCH3 is 1. The first-order valence-corrected chi connectivity index (χ1v) is 8.96. The maximum Gasteiger partial charge on any atom is 0.305 e. The van der Waals surface area contributed by atoms with Crippen LogP contribution in [0, 0.1) is 0 Å². The second-order valence-corrected chi connectivity index (χ2v) is 7.71. The summed E-state index contributed by atoms with van der Waals surface area (Å²) in [6, 6.07) is 8.25. The topological polar surface area (TPSA) is 60.4 Å². The average Bonchev–Trinajstić information content (AvgIpc) is 2.50. The molecule has 0 saturated carbocycles. The molecule has 0 heterocycles. The Bertz CT molecular complexity index is 528. The molecule has 1 rings (SSSR count). The quantitative estimate of drug-likeness (QED) is 0.394. The number of sulfone groups is 1. The maximum absolute atomic E-state index is 12.2. The van der Waals surface area contributed by atoms with Gasteiger partial charge in [-0.25, -0.2) is 8.42 Å². The molecule has 0 radical (unpaired) electrons. The minimum atomic E-state index is -3.46. The summed E-state index contributed by atoms with van der Waals surface area (Å²) in [7, 11) is -2.09. The number of carbonyl (C=O) groups is 1. The van der Waals surface area contributed by atoms with Gasteiger partial charge in [-0.3, -0.25) is 4.79 Å². The Morgan fingerprint density at radius 2 is 1.76 bits per heavy atom. The van der Waals surface area contributed by atoms with Gasteiger partial charge in [-0.1, -0.05) is 37.5 Å². The van der Waals surface area contributed by atoms with E-state index in [1.807, 2.05) is 0 Å². The second-order valence-electron chi connectivity index (χ2n) is 4.80. The van der Waals surface area contributed by atoms with Crippen LogP contribution in [0.4, 0.5) is 0 Å². The normalized spacial score (nSPS) is 12.9. The number of esters is 1. The van der Waals surface area contributed by atoms with E-state index in [1.54, 1.807) is 30.3 Å². The van der Waals surface area contributed by atoms with Crippen molar-refractivity contribution >= 4 is 27.4 Å². The summed E-state index contributed by atoms with van der Waals surface area (Å²) in [5.41, 5.74) is 0. The number of ether oxygens (including phenoxy) is 1. The monoisotopic (exact) mass is 332 g/mol. The molecule has 6 heteroatoms. The third kappa shape index (κ3) is 6.06. The van der Waals surface area contributed by atoms with E-state index in [2.05, 4.69) is 4.74 Å². The van der Waals surface area contributed by atoms with Crippen LogP contribution in [0.1, 0.15) is 38.5 Å². The van der Waals surface area contributed by atoms with E-state index >= 15 is 0 Å². The Morgan fingerprint density at radius 3 is 2.38 bits per heavy atom. The highest BCUT2D eigenvalue weighted by molar-refractivity contribution is 7.93. The maximum atomic E-state index is 12.2. The van der Waals surface area contributed by atoms with Crippen LogP contribution in [0.2, 0.25) is 0 Å². The van der Waals surface area contributed by atoms with Crippen LogP contribution in [0.15, 0.2) is 35.2 Å². The van der Waals surface area contributed by atoms with Crippen molar-refractivity contribution in [2.75, 3.05) is 7.11 Å². The average molecular weight is 333 g/mol. The van der Waals surface area contributed by atoms with Crippen LogP contribution >= 0.6 is 11.6 Å². The molecule has 1 unspecified atom stereocenters. The molecule has 0 amide bonds. The lowest BCUT2D eigenvalue weighted by atomic mass is 10.1. The molecule has 118 valence electrons. The summed E-state index contributed by atoms with van der Waals surface area (Å²) in [6.07, 6.45) is 4.02. The lowest BCUT2D eigenvalue weighted by molar-refractivity contribution is -0.140. The zero-order valence-corrected chi connectivity index (χ0v) is 13.7. The van der Waals surface area contributed by atoms with Crippen molar-refractivity contribution in [1.29, 1.82) is 0 Å². The molecule has 0 aromatic heterocycles. The molecule has 1 aromatic rings. The molecule has 0 fully saturated rings. The molecule has 0 aliphatic carbocycles. The highest BCUT2D eigenvalue weighted by Crippen LogP contribution is 2.23. The van der Waals surface area contributed by atoms with E-state index in [0.29, 0.717) is 12.8 Å². The van der Waals surface area contributed by atoms with Crippen molar-refractivity contribution in [3.8, 4) is 0 Å². The molecule has 0 bridgehead atoms. The fourth-order valence-corrected chi connectivity index (χ4v) is 3.71. The Morgan fingerprint density at radius 1 is 1.14 bits per heavy atom. The van der Waals surface area contributed by atoms with Crippen LogP contribution in [-0.2, 0) is 19.4 Å². The predicted molar refractivity (Wildman–Crippen MR) is 83.0 cm³/mol. The van der Waals surface area contributed by atoms with E-state index in [1.165, 1.54) is 7.11 Å². The second kappa shape index (κ2) is 9.05. The molecule has 0 saturated heterocycles. The summed E-state index contributed by atoms with van der Waals surface area (Å²) in [5.74, 6) is -0.211. The van der Waals surface area contributed by atoms with Crippen molar-refractivity contribution in [2.24, 2.45) is 0 Å². The fourth-order valence-electron chi connectivity index (χ4n) is 1.94. The first kappa shape index (κ1) is 18.0. The molecule has 21 heavy (non-hydrogen) atoms. The van der Waals surface area contributed by atoms with Gasteiger partial charge in [-0.2, -0.15) is 0 Å². The van der Waals surface area contributed by atoms with Crippen LogP contribution < -0.4 is 0 Å². The van der Waals surface area contributed by atoms with Crippen LogP contribution in [0.5, 0.6) is 0 Å². The number of rotatable bonds is 9. The highest BCUT2D eigenvalue weighted by Gasteiger charge is 2.24. The lowest BCUT2D eigenvalue weighted by Crippen LogP contribution is -2.15. The summed E-state index contributed by atoms with van der Waals surface area (Å²) in [6.45, 7) is 0. The fraction of sp³-hybridized carbons (Fsp3) is 0.533. The standard InChI is InChI=1S/C15H21ClO4S/c1-20-15(17)12-8-3-2-7-11-14(16)21(18,19)13-9-5-4-6-10-13/h4-6,9-10,14H,2-3,7-8,11-12H2,1H3. The van der Waals surface area contributed by atoms with Gasteiger partial charge in [0, 0.05) is 6.42 Å². The third-order valence-corrected chi connectivity index (χ3v) is 5.96. The minimum Gasteiger partial charge on any atom is -0.469 e. The van der Waals surface area contributed by atoms with Gasteiger partial charge in [0.25, 0.3) is 0 Å². The largest absolute Gasteiger partial charge is 0.469 e. The van der Waals surface area contributed by atoms with Gasteiger partial charge in [0.1, 0.15) is 4.71 Å². The van der Waals surface area contributed by atoms with E-state index in [0.717, 1.165) is 25.7 Å². The van der Waals surface area contributed by atoms with Crippen molar-refractivity contribution in [2.45, 2.75) is 48.1 Å². The molecular weight excluding hydrogens is 312 g/mol. The molecule has 0 aliphatic heterocycles. The first-order valence-electron chi connectivity index (χ1n) is 6.98. The van der Waals surface area contributed by atoms with Crippen molar-refractivity contribution < 1.29 is 17.9 Å². The Kier molecular flexibility index (Phi) is 7.75. The molecule has 1 atom stereocenters. The molecule has 4 nitrogen and oxygen atoms in total. The minimum absolute atomic E-state index is 0.211. The summed E-state index contributed by atoms with van der Waals surface area (Å²) in [5, 5.41) is 0. The van der Waals surface area contributed by atoms with Crippen molar-refractivity contribution in [1.82, 2.24) is 0 Å². The molecule has 1 aromatic carbocycles. The smallest absolute Gasteiger partial charge is 0.305 e. The number of unbranched alkanes of at least 4 members (excludes halogenated alkanes) is 3. The van der Waals surface area contributed by atoms with Gasteiger partial charge in [-0.15, -0.1) is 11.6 Å². The predicted octanol–water partition coefficient (Wildman–Crippen LogP) is 3.54. The number of halogens is 1. The lowest BCUT2D eigenvalue weighted by Gasteiger charge is -2.11. The van der Waals surface area contributed by atoms with Gasteiger partial charge in [0.15, 0.2) is 9.84 Å². The van der Waals surface area contributed by atoms with E-state index in [4.69, 9.17) is 11.6 Å². The third-order valence-electron chi connectivity index (χ3n) is 3.20. The molecular formula is C15H21ClO4S. The summed E-state index contributed by atoms with van der Waals surface area (Å²) in [4.78, 5) is 11.2. The van der Waals surface area contributed by atoms with Gasteiger partial charge in [0.05, 0.1) is 12.0 Å². The van der Waals surface area contributed by atoms with Gasteiger partial charge < -0.3 is 4.74 Å². The Labute approximate surface area is 131 Å². The van der Waals surface area contributed by atoms with Gasteiger partial charge in [-0.05, 0) is 25.0 Å². The van der Waals surface area contributed by atoms with E-state index in [9.17, 15) is 13.2 Å². The number of benzene rings is 1. The number of hydrogen-bond acceptors (Lipinski definition) is 4. The van der Waals surface area contributed by atoms with E-state index in [-0.39, 0.29) is 10.9 Å². The SMILES string of the molecule is COC(=O)CCCCCCC(Cl)S(=O)(=O)c1ccccc1. The number of carbonyl (C=O) groups excluding carboxylic acids is 1. The van der Waals surface area contributed by atoms with Crippen LogP contribution in [0.3, 0.4) is 0 Å². The van der Waals surface area contributed by atoms with Crippen LogP contribution in [-0.4, -0.2) is 26.2 Å². The first-order chi connectivity index (χ1) is 9.98. The van der Waals surface area contributed by atoms with Crippen molar-refractivity contribution in [3.63, 3.8) is 0 Å². The van der Waals surface area contributed by atoms with Gasteiger partial charge in [0.2, 0.25) is 0 Å². The number of hydrogen-bond donors (Lipinski definition) is 0. The zero-order chi connectivity index (χ0) is 15.7. The van der Waals surface area contributed by atoms with E-state index < -0.39 is 14.5 Å². The summed E-state index contributed by atoms with van der Waals surface area (Å²) < 4.78 is 28.0. The molecule has 0 aliphatic rings. The summed E-state index contributed by atoms with van der Waals surface area (Å²) >= 11 is 6.03. The number of alkyl halides is 1. The van der Waals surface area contributed by atoms with Gasteiger partial charge >= 0.3 is 5.97 Å². The Hall–Kier alpha value is -1.07. The molecule has 0 spiro atoms. The zero-order valence-electron chi connectivity index (χ0n) is 12.1. The Balaban J connectivity index is 2.31. The van der Waals surface area contributed by atoms with Crippen LogP contribution in [0.25, 0.3) is 0 Å². The van der Waals surface area contributed by atoms with Crippen molar-refractivity contribution in [3.05, 3.63) is 30.3 Å². The highest BCUT2D eigenvalue weighted by atomic mass is 35.5.